The van der Waals surface area contributed by atoms with Crippen LogP contribution >= 0.6 is 0 Å². The number of nitrogens with zero attached hydrogens (tertiary/aromatic N) is 2. The van der Waals surface area contributed by atoms with Gasteiger partial charge in [-0.2, -0.15) is 0 Å². The smallest absolute Gasteiger partial charge is 0.411 e. The number of likely N-dealkylation sites (tertiary alicyclic amines) is 1. The van der Waals surface area contributed by atoms with Crippen molar-refractivity contribution < 1.29 is 27.9 Å². The molecule has 1 aromatic carbocycles. The summed E-state index contributed by atoms with van der Waals surface area (Å²) in [7, 11) is 0. The topological polar surface area (TPSA) is 94.2 Å². The van der Waals surface area contributed by atoms with Gasteiger partial charge in [-0.05, 0) is 45.7 Å². The van der Waals surface area contributed by atoms with Crippen LogP contribution in [0, 0.1) is 11.6 Å². The highest BCUT2D eigenvalue weighted by Crippen LogP contribution is 2.22. The maximum absolute atomic E-state index is 13.2. The lowest BCUT2D eigenvalue weighted by atomic mass is 10.2. The predicted molar refractivity (Wildman–Crippen MR) is 89.1 cm³/mol. The molecular weight excluding hydrogens is 348 g/mol. The lowest BCUT2D eigenvalue weighted by Crippen LogP contribution is -2.43. The van der Waals surface area contributed by atoms with Gasteiger partial charge in [0.05, 0.1) is 0 Å². The molecule has 2 N–H and O–H groups in total. The van der Waals surface area contributed by atoms with Gasteiger partial charge in [0.1, 0.15) is 23.3 Å². The van der Waals surface area contributed by atoms with Gasteiger partial charge in [-0.1, -0.05) is 5.16 Å². The van der Waals surface area contributed by atoms with Crippen LogP contribution in [0.3, 0.4) is 0 Å². The van der Waals surface area contributed by atoms with Gasteiger partial charge in [-0.25, -0.2) is 18.4 Å². The van der Waals surface area contributed by atoms with Crippen molar-refractivity contribution in [2.75, 3.05) is 6.54 Å². The number of oxime groups is 1. The van der Waals surface area contributed by atoms with E-state index in [-0.39, 0.29) is 11.4 Å². The quantitative estimate of drug-likeness (QED) is 0.382. The summed E-state index contributed by atoms with van der Waals surface area (Å²) in [6.07, 6.45) is 0.371. The van der Waals surface area contributed by atoms with Gasteiger partial charge in [-0.3, -0.25) is 4.90 Å². The number of hydrogen-bond donors (Lipinski definition) is 1. The predicted octanol–water partition coefficient (Wildman–Crippen LogP) is 2.53. The molecule has 1 atom stereocenters. The van der Waals surface area contributed by atoms with E-state index in [4.69, 9.17) is 15.3 Å². The zero-order valence-electron chi connectivity index (χ0n) is 14.8. The molecule has 1 fully saturated rings. The van der Waals surface area contributed by atoms with E-state index in [9.17, 15) is 18.4 Å². The highest BCUT2D eigenvalue weighted by molar-refractivity contribution is 5.97. The van der Waals surface area contributed by atoms with Gasteiger partial charge >= 0.3 is 12.1 Å². The SMILES string of the molecule is CC(C)(C)OC(=O)N1CCC[C@H]1C(=O)ON=C(N)c1cc(F)cc(F)c1. The number of halogens is 2. The Balaban J connectivity index is 2.05. The summed E-state index contributed by atoms with van der Waals surface area (Å²) in [5.74, 6) is -2.83. The van der Waals surface area contributed by atoms with Crippen molar-refractivity contribution in [3.8, 4) is 0 Å². The summed E-state index contributed by atoms with van der Waals surface area (Å²) in [6, 6.07) is 1.74. The van der Waals surface area contributed by atoms with Gasteiger partial charge in [-0.15, -0.1) is 0 Å². The number of amides is 1. The second-order valence-corrected chi connectivity index (χ2v) is 6.88. The molecule has 1 amide bonds. The van der Waals surface area contributed by atoms with Crippen LogP contribution in [-0.4, -0.2) is 41.0 Å². The molecule has 1 saturated heterocycles. The van der Waals surface area contributed by atoms with Crippen molar-refractivity contribution in [2.45, 2.75) is 45.3 Å². The van der Waals surface area contributed by atoms with Crippen LogP contribution in [0.5, 0.6) is 0 Å². The number of rotatable bonds is 3. The summed E-state index contributed by atoms with van der Waals surface area (Å²) in [5, 5.41) is 3.42. The van der Waals surface area contributed by atoms with E-state index in [2.05, 4.69) is 5.16 Å². The molecule has 0 radical (unpaired) electrons. The van der Waals surface area contributed by atoms with Crippen LogP contribution in [0.15, 0.2) is 23.4 Å². The van der Waals surface area contributed by atoms with E-state index in [1.54, 1.807) is 20.8 Å². The van der Waals surface area contributed by atoms with Crippen molar-refractivity contribution in [2.24, 2.45) is 10.9 Å². The Kier molecular flexibility index (Phi) is 5.79. The molecule has 1 heterocycles. The van der Waals surface area contributed by atoms with E-state index < -0.39 is 35.3 Å². The Morgan fingerprint density at radius 3 is 2.42 bits per heavy atom. The molecular formula is C17H21F2N3O4. The average molecular weight is 369 g/mol. The van der Waals surface area contributed by atoms with E-state index in [1.807, 2.05) is 0 Å². The summed E-state index contributed by atoms with van der Waals surface area (Å²) < 4.78 is 31.6. The zero-order chi connectivity index (χ0) is 19.5. The Labute approximate surface area is 149 Å². The fourth-order valence-electron chi connectivity index (χ4n) is 2.46. The normalized spacial score (nSPS) is 18.0. The molecule has 7 nitrogen and oxygen atoms in total. The molecule has 0 aromatic heterocycles. The van der Waals surface area contributed by atoms with Crippen molar-refractivity contribution in [3.63, 3.8) is 0 Å². The van der Waals surface area contributed by atoms with Crippen molar-refractivity contribution in [1.29, 1.82) is 0 Å². The van der Waals surface area contributed by atoms with E-state index in [0.717, 1.165) is 12.1 Å². The lowest BCUT2D eigenvalue weighted by Gasteiger charge is -2.27. The molecule has 1 aromatic rings. The maximum atomic E-state index is 13.2. The second-order valence-electron chi connectivity index (χ2n) is 6.88. The van der Waals surface area contributed by atoms with Crippen molar-refractivity contribution >= 4 is 17.9 Å². The van der Waals surface area contributed by atoms with Gasteiger partial charge in [0, 0.05) is 18.2 Å². The second kappa shape index (κ2) is 7.67. The Hall–Kier alpha value is -2.71. The Bertz CT molecular complexity index is 711. The third kappa shape index (κ3) is 5.14. The van der Waals surface area contributed by atoms with Crippen LogP contribution in [0.1, 0.15) is 39.2 Å². The number of nitrogens with two attached hydrogens (primary N) is 1. The van der Waals surface area contributed by atoms with Gasteiger partial charge in [0.25, 0.3) is 0 Å². The molecule has 0 saturated carbocycles. The van der Waals surface area contributed by atoms with E-state index in [1.165, 1.54) is 4.90 Å². The summed E-state index contributed by atoms with van der Waals surface area (Å²) >= 11 is 0. The lowest BCUT2D eigenvalue weighted by molar-refractivity contribution is -0.148. The van der Waals surface area contributed by atoms with Crippen LogP contribution in [0.4, 0.5) is 13.6 Å². The number of carbonyl (C=O) groups is 2. The average Bonchev–Trinajstić information content (AvgIpc) is 2.99. The first-order valence-corrected chi connectivity index (χ1v) is 8.07. The first-order chi connectivity index (χ1) is 12.1. The third-order valence-corrected chi connectivity index (χ3v) is 3.55. The largest absolute Gasteiger partial charge is 0.444 e. The first kappa shape index (κ1) is 19.6. The Morgan fingerprint density at radius 1 is 1.23 bits per heavy atom. The van der Waals surface area contributed by atoms with Gasteiger partial charge in [0.2, 0.25) is 0 Å². The minimum atomic E-state index is -0.856. The van der Waals surface area contributed by atoms with Crippen LogP contribution in [-0.2, 0) is 14.4 Å². The van der Waals surface area contributed by atoms with Gasteiger partial charge in [0.15, 0.2) is 5.84 Å². The fraction of sp³-hybridized carbons (Fsp3) is 0.471. The summed E-state index contributed by atoms with van der Waals surface area (Å²) in [5.41, 5.74) is 4.83. The van der Waals surface area contributed by atoms with E-state index >= 15 is 0 Å². The molecule has 1 aliphatic rings. The highest BCUT2D eigenvalue weighted by atomic mass is 19.1. The minimum Gasteiger partial charge on any atom is -0.444 e. The number of amidine groups is 1. The molecule has 2 rings (SSSR count). The Morgan fingerprint density at radius 2 is 1.85 bits per heavy atom. The molecule has 9 heteroatoms. The first-order valence-electron chi connectivity index (χ1n) is 8.07. The number of benzene rings is 1. The van der Waals surface area contributed by atoms with Crippen molar-refractivity contribution in [3.05, 3.63) is 35.4 Å². The van der Waals surface area contributed by atoms with Crippen LogP contribution in [0.2, 0.25) is 0 Å². The monoisotopic (exact) mass is 369 g/mol. The minimum absolute atomic E-state index is 0.0641. The van der Waals surface area contributed by atoms with Crippen LogP contribution < -0.4 is 5.73 Å². The summed E-state index contributed by atoms with van der Waals surface area (Å²) in [6.45, 7) is 5.51. The van der Waals surface area contributed by atoms with Crippen molar-refractivity contribution in [1.82, 2.24) is 4.90 Å². The summed E-state index contributed by atoms with van der Waals surface area (Å²) in [4.78, 5) is 30.4. The molecule has 142 valence electrons. The van der Waals surface area contributed by atoms with E-state index in [0.29, 0.717) is 25.5 Å². The number of carbonyl (C=O) groups excluding carboxylic acids is 2. The molecule has 0 unspecified atom stereocenters. The zero-order valence-corrected chi connectivity index (χ0v) is 14.8. The standard InChI is InChI=1S/C17H21F2N3O4/c1-17(2,3)25-16(24)22-6-4-5-13(22)15(23)26-21-14(20)10-7-11(18)9-12(19)8-10/h7-9,13H,4-6H2,1-3H3,(H2,20,21)/t13-/m0/s1. The maximum Gasteiger partial charge on any atom is 0.411 e. The molecule has 0 bridgehead atoms. The molecule has 1 aliphatic heterocycles. The molecule has 0 aliphatic carbocycles. The fourth-order valence-corrected chi connectivity index (χ4v) is 2.46. The number of ether oxygens (including phenoxy) is 1. The molecule has 0 spiro atoms. The van der Waals surface area contributed by atoms with Crippen LogP contribution in [0.25, 0.3) is 0 Å². The third-order valence-electron chi connectivity index (χ3n) is 3.55. The molecule has 26 heavy (non-hydrogen) atoms. The van der Waals surface area contributed by atoms with Gasteiger partial charge < -0.3 is 15.3 Å². The number of hydrogen-bond acceptors (Lipinski definition) is 5. The highest BCUT2D eigenvalue weighted by Gasteiger charge is 2.38.